The Hall–Kier alpha value is -2.08. The van der Waals surface area contributed by atoms with E-state index >= 15 is 0 Å². The number of rotatable bonds is 4. The Morgan fingerprint density at radius 2 is 2.14 bits per heavy atom. The van der Waals surface area contributed by atoms with Gasteiger partial charge in [0, 0.05) is 13.1 Å². The van der Waals surface area contributed by atoms with Crippen molar-refractivity contribution in [2.75, 3.05) is 20.8 Å². The van der Waals surface area contributed by atoms with E-state index in [0.717, 1.165) is 48.2 Å². The van der Waals surface area contributed by atoms with Crippen molar-refractivity contribution in [3.05, 3.63) is 24.0 Å². The maximum absolute atomic E-state index is 5.46. The molecule has 0 spiro atoms. The lowest BCUT2D eigenvalue weighted by Crippen LogP contribution is -2.33. The summed E-state index contributed by atoms with van der Waals surface area (Å²) >= 11 is 0. The molecule has 1 aromatic carbocycles. The fourth-order valence-electron chi connectivity index (χ4n) is 2.75. The molecule has 1 aliphatic heterocycles. The lowest BCUT2D eigenvalue weighted by molar-refractivity contribution is 0.400. The molecule has 2 heterocycles. The van der Waals surface area contributed by atoms with Gasteiger partial charge in [-0.2, -0.15) is 0 Å². The summed E-state index contributed by atoms with van der Waals surface area (Å²) in [5, 5.41) is 12.2. The van der Waals surface area contributed by atoms with Crippen molar-refractivity contribution in [3.8, 4) is 22.9 Å². The van der Waals surface area contributed by atoms with Crippen LogP contribution in [0.3, 0.4) is 0 Å². The van der Waals surface area contributed by atoms with Crippen LogP contribution in [0.15, 0.2) is 18.2 Å². The molecule has 0 radical (unpaired) electrons. The molecule has 1 atom stereocenters. The molecule has 0 fully saturated rings. The Kier molecular flexibility index (Phi) is 3.79. The standard InChI is InChI=1S/C15H20N4O2/c1-4-12-15-18-17-14(19(15)8-7-16-12)11-9-10(20-2)5-6-13(11)21-3/h5-6,9,12,16H,4,7-8H2,1-3H3. The molecule has 0 amide bonds. The summed E-state index contributed by atoms with van der Waals surface area (Å²) < 4.78 is 12.9. The van der Waals surface area contributed by atoms with Gasteiger partial charge in [-0.3, -0.25) is 0 Å². The Labute approximate surface area is 124 Å². The second kappa shape index (κ2) is 5.73. The maximum atomic E-state index is 5.46. The van der Waals surface area contributed by atoms with E-state index in [0.29, 0.717) is 0 Å². The number of ether oxygens (including phenoxy) is 2. The summed E-state index contributed by atoms with van der Waals surface area (Å²) in [4.78, 5) is 0. The number of nitrogens with zero attached hydrogens (tertiary/aromatic N) is 3. The van der Waals surface area contributed by atoms with Gasteiger partial charge >= 0.3 is 0 Å². The van der Waals surface area contributed by atoms with E-state index in [1.165, 1.54) is 0 Å². The molecule has 0 aliphatic carbocycles. The Morgan fingerprint density at radius 3 is 2.86 bits per heavy atom. The number of hydrogen-bond acceptors (Lipinski definition) is 5. The van der Waals surface area contributed by atoms with Crippen molar-refractivity contribution in [3.63, 3.8) is 0 Å². The fourth-order valence-corrected chi connectivity index (χ4v) is 2.75. The van der Waals surface area contributed by atoms with Crippen LogP contribution in [-0.2, 0) is 6.54 Å². The van der Waals surface area contributed by atoms with Crippen molar-refractivity contribution in [2.24, 2.45) is 0 Å². The highest BCUT2D eigenvalue weighted by molar-refractivity contribution is 5.66. The largest absolute Gasteiger partial charge is 0.497 e. The van der Waals surface area contributed by atoms with Crippen LogP contribution in [0.4, 0.5) is 0 Å². The van der Waals surface area contributed by atoms with E-state index in [1.54, 1.807) is 14.2 Å². The first-order valence-electron chi connectivity index (χ1n) is 7.17. The first kappa shape index (κ1) is 13.9. The van der Waals surface area contributed by atoms with Crippen molar-refractivity contribution >= 4 is 0 Å². The monoisotopic (exact) mass is 288 g/mol. The molecule has 0 saturated carbocycles. The van der Waals surface area contributed by atoms with Crippen LogP contribution in [0.2, 0.25) is 0 Å². The summed E-state index contributed by atoms with van der Waals surface area (Å²) in [6.45, 7) is 3.92. The third-order valence-corrected chi connectivity index (χ3v) is 3.87. The van der Waals surface area contributed by atoms with E-state index in [1.807, 2.05) is 18.2 Å². The van der Waals surface area contributed by atoms with Crippen LogP contribution in [0, 0.1) is 0 Å². The van der Waals surface area contributed by atoms with Gasteiger partial charge in [0.05, 0.1) is 25.8 Å². The number of methoxy groups -OCH3 is 2. The molecule has 6 nitrogen and oxygen atoms in total. The second-order valence-corrected chi connectivity index (χ2v) is 5.01. The highest BCUT2D eigenvalue weighted by Gasteiger charge is 2.25. The molecule has 21 heavy (non-hydrogen) atoms. The predicted octanol–water partition coefficient (Wildman–Crippen LogP) is 2.02. The number of hydrogen-bond donors (Lipinski definition) is 1. The molecule has 1 N–H and O–H groups in total. The van der Waals surface area contributed by atoms with E-state index < -0.39 is 0 Å². The van der Waals surface area contributed by atoms with Gasteiger partial charge in [-0.25, -0.2) is 0 Å². The minimum Gasteiger partial charge on any atom is -0.497 e. The first-order chi connectivity index (χ1) is 10.3. The van der Waals surface area contributed by atoms with Crippen LogP contribution < -0.4 is 14.8 Å². The number of fused-ring (bicyclic) bond motifs is 1. The zero-order valence-electron chi connectivity index (χ0n) is 12.6. The third kappa shape index (κ3) is 2.35. The minimum absolute atomic E-state index is 0.261. The molecular formula is C15H20N4O2. The molecule has 6 heteroatoms. The summed E-state index contributed by atoms with van der Waals surface area (Å²) in [5.41, 5.74) is 0.910. The maximum Gasteiger partial charge on any atom is 0.167 e. The smallest absolute Gasteiger partial charge is 0.167 e. The average Bonchev–Trinajstić information content (AvgIpc) is 2.98. The quantitative estimate of drug-likeness (QED) is 0.932. The minimum atomic E-state index is 0.261. The molecule has 3 rings (SSSR count). The van der Waals surface area contributed by atoms with Crippen LogP contribution in [-0.4, -0.2) is 35.5 Å². The molecular weight excluding hydrogens is 268 g/mol. The summed E-state index contributed by atoms with van der Waals surface area (Å²) in [6, 6.07) is 5.98. The molecule has 112 valence electrons. The highest BCUT2D eigenvalue weighted by Crippen LogP contribution is 2.34. The van der Waals surface area contributed by atoms with Gasteiger partial charge in [-0.15, -0.1) is 10.2 Å². The normalized spacial score (nSPS) is 17.4. The van der Waals surface area contributed by atoms with Crippen molar-refractivity contribution in [2.45, 2.75) is 25.9 Å². The predicted molar refractivity (Wildman–Crippen MR) is 79.6 cm³/mol. The molecule has 1 unspecified atom stereocenters. The van der Waals surface area contributed by atoms with Gasteiger partial charge in [0.15, 0.2) is 11.6 Å². The summed E-state index contributed by atoms with van der Waals surface area (Å²) in [5.74, 6) is 3.38. The van der Waals surface area contributed by atoms with Crippen molar-refractivity contribution in [1.82, 2.24) is 20.1 Å². The first-order valence-corrected chi connectivity index (χ1v) is 7.17. The Morgan fingerprint density at radius 1 is 1.29 bits per heavy atom. The van der Waals surface area contributed by atoms with E-state index in [9.17, 15) is 0 Å². The highest BCUT2D eigenvalue weighted by atomic mass is 16.5. The van der Waals surface area contributed by atoms with Gasteiger partial charge in [-0.1, -0.05) is 6.92 Å². The third-order valence-electron chi connectivity index (χ3n) is 3.87. The van der Waals surface area contributed by atoms with Gasteiger partial charge in [0.25, 0.3) is 0 Å². The van der Waals surface area contributed by atoms with Crippen molar-refractivity contribution < 1.29 is 9.47 Å². The lowest BCUT2D eigenvalue weighted by atomic mass is 10.1. The van der Waals surface area contributed by atoms with Crippen LogP contribution in [0.25, 0.3) is 11.4 Å². The van der Waals surface area contributed by atoms with Crippen LogP contribution in [0.5, 0.6) is 11.5 Å². The van der Waals surface area contributed by atoms with Crippen molar-refractivity contribution in [1.29, 1.82) is 0 Å². The van der Waals surface area contributed by atoms with E-state index in [2.05, 4.69) is 27.0 Å². The van der Waals surface area contributed by atoms with Crippen LogP contribution >= 0.6 is 0 Å². The summed E-state index contributed by atoms with van der Waals surface area (Å²) in [7, 11) is 3.32. The molecule has 0 bridgehead atoms. The molecule has 0 saturated heterocycles. The Bertz CT molecular complexity index is 639. The lowest BCUT2D eigenvalue weighted by Gasteiger charge is -2.24. The van der Waals surface area contributed by atoms with Gasteiger partial charge in [0.2, 0.25) is 0 Å². The molecule has 1 aliphatic rings. The second-order valence-electron chi connectivity index (χ2n) is 5.01. The zero-order chi connectivity index (χ0) is 14.8. The van der Waals surface area contributed by atoms with Gasteiger partial charge in [-0.05, 0) is 24.6 Å². The summed E-state index contributed by atoms with van der Waals surface area (Å²) in [6.07, 6.45) is 0.993. The van der Waals surface area contributed by atoms with Crippen LogP contribution in [0.1, 0.15) is 25.2 Å². The number of benzene rings is 1. The fraction of sp³-hybridized carbons (Fsp3) is 0.467. The molecule has 2 aromatic rings. The average molecular weight is 288 g/mol. The topological polar surface area (TPSA) is 61.2 Å². The number of nitrogens with one attached hydrogen (secondary N) is 1. The molecule has 1 aromatic heterocycles. The van der Waals surface area contributed by atoms with Gasteiger partial charge < -0.3 is 19.4 Å². The van der Waals surface area contributed by atoms with E-state index in [4.69, 9.17) is 9.47 Å². The SMILES string of the molecule is CCC1NCCn2c(-c3cc(OC)ccc3OC)nnc21. The van der Waals surface area contributed by atoms with Gasteiger partial charge in [0.1, 0.15) is 11.5 Å². The van der Waals surface area contributed by atoms with E-state index in [-0.39, 0.29) is 6.04 Å². The number of aromatic nitrogens is 3. The Balaban J connectivity index is 2.11. The zero-order valence-corrected chi connectivity index (χ0v) is 12.6.